The first-order valence-corrected chi connectivity index (χ1v) is 11.1. The van der Waals surface area contributed by atoms with Gasteiger partial charge in [-0.15, -0.1) is 0 Å². The average molecular weight is 437 g/mol. The van der Waals surface area contributed by atoms with Crippen LogP contribution in [0, 0.1) is 17.6 Å². The number of carbonyl (C=O) groups is 1. The molecule has 2 aromatic carbocycles. The first kappa shape index (κ1) is 20.8. The molecule has 0 saturated heterocycles. The van der Waals surface area contributed by atoms with Crippen LogP contribution < -0.4 is 11.1 Å². The maximum Gasteiger partial charge on any atom is 0.200 e. The van der Waals surface area contributed by atoms with Crippen molar-refractivity contribution < 1.29 is 18.7 Å². The molecular formula is C25H25F2N3O2. The fraction of sp³-hybridized carbons (Fsp3) is 0.360. The van der Waals surface area contributed by atoms with Crippen molar-refractivity contribution in [2.75, 3.05) is 5.32 Å². The van der Waals surface area contributed by atoms with E-state index in [0.29, 0.717) is 27.7 Å². The van der Waals surface area contributed by atoms with E-state index in [1.54, 1.807) is 24.4 Å². The fourth-order valence-corrected chi connectivity index (χ4v) is 4.50. The number of rotatable bonds is 5. The fourth-order valence-electron chi connectivity index (χ4n) is 4.50. The number of aromatic nitrogens is 1. The number of nitrogens with one attached hydrogen (secondary N) is 1. The van der Waals surface area contributed by atoms with Gasteiger partial charge < -0.3 is 16.2 Å². The van der Waals surface area contributed by atoms with Gasteiger partial charge in [0.25, 0.3) is 0 Å². The first-order chi connectivity index (χ1) is 15.4. The number of phenols is 1. The third-order valence-electron chi connectivity index (χ3n) is 6.57. The number of phenolic OH excluding ortho intramolecular Hbond substituents is 1. The zero-order valence-electron chi connectivity index (χ0n) is 17.6. The van der Waals surface area contributed by atoms with Crippen molar-refractivity contribution in [3.63, 3.8) is 0 Å². The third kappa shape index (κ3) is 3.81. The lowest BCUT2D eigenvalue weighted by molar-refractivity contribution is 0.0968. The van der Waals surface area contributed by atoms with Gasteiger partial charge in [0.15, 0.2) is 17.3 Å². The highest BCUT2D eigenvalue weighted by Crippen LogP contribution is 2.39. The Labute approximate surface area is 184 Å². The van der Waals surface area contributed by atoms with E-state index >= 15 is 0 Å². The Hall–Kier alpha value is -3.06. The Balaban J connectivity index is 1.63. The maximum absolute atomic E-state index is 14.5. The SMILES string of the molecule is N[C@H]1CC[C@H](Nc2c(C(=O)C3CC3)cnc3ccc(-c4ccc(O)c(F)c4F)cc23)CC1. The monoisotopic (exact) mass is 437 g/mol. The van der Waals surface area contributed by atoms with Crippen LogP contribution in [0.25, 0.3) is 22.0 Å². The van der Waals surface area contributed by atoms with E-state index in [2.05, 4.69) is 10.3 Å². The normalized spacial score (nSPS) is 21.0. The van der Waals surface area contributed by atoms with E-state index in [9.17, 15) is 18.7 Å². The average Bonchev–Trinajstić information content (AvgIpc) is 3.64. The van der Waals surface area contributed by atoms with Crippen LogP contribution in [0.3, 0.4) is 0 Å². The number of aromatic hydroxyl groups is 1. The highest BCUT2D eigenvalue weighted by atomic mass is 19.2. The summed E-state index contributed by atoms with van der Waals surface area (Å²) in [6.45, 7) is 0. The molecule has 3 aromatic rings. The lowest BCUT2D eigenvalue weighted by Crippen LogP contribution is -2.33. The highest BCUT2D eigenvalue weighted by molar-refractivity contribution is 6.10. The zero-order valence-corrected chi connectivity index (χ0v) is 17.6. The van der Waals surface area contributed by atoms with Crippen molar-refractivity contribution in [1.82, 2.24) is 4.98 Å². The minimum Gasteiger partial charge on any atom is -0.505 e. The first-order valence-electron chi connectivity index (χ1n) is 11.1. The molecule has 2 saturated carbocycles. The van der Waals surface area contributed by atoms with Crippen molar-refractivity contribution in [3.8, 4) is 16.9 Å². The van der Waals surface area contributed by atoms with Crippen LogP contribution in [0.15, 0.2) is 36.5 Å². The number of halogens is 2. The summed E-state index contributed by atoms with van der Waals surface area (Å²) in [6, 6.07) is 7.99. The quantitative estimate of drug-likeness (QED) is 0.480. The molecule has 0 atom stereocenters. The second-order valence-electron chi connectivity index (χ2n) is 8.93. The van der Waals surface area contributed by atoms with Crippen molar-refractivity contribution in [3.05, 3.63) is 53.7 Å². The van der Waals surface area contributed by atoms with E-state index < -0.39 is 17.4 Å². The van der Waals surface area contributed by atoms with E-state index in [1.165, 1.54) is 6.07 Å². The summed E-state index contributed by atoms with van der Waals surface area (Å²) in [4.78, 5) is 17.5. The van der Waals surface area contributed by atoms with Gasteiger partial charge in [0.1, 0.15) is 0 Å². The van der Waals surface area contributed by atoms with Crippen LogP contribution >= 0.6 is 0 Å². The minimum atomic E-state index is -1.28. The van der Waals surface area contributed by atoms with Gasteiger partial charge in [0.05, 0.1) is 16.8 Å². The maximum atomic E-state index is 14.5. The van der Waals surface area contributed by atoms with Gasteiger partial charge in [0.2, 0.25) is 5.82 Å². The van der Waals surface area contributed by atoms with Crippen LogP contribution in [-0.2, 0) is 0 Å². The van der Waals surface area contributed by atoms with Gasteiger partial charge in [-0.05, 0) is 68.4 Å². The van der Waals surface area contributed by atoms with Gasteiger partial charge >= 0.3 is 0 Å². The number of nitrogens with zero attached hydrogens (tertiary/aromatic N) is 1. The van der Waals surface area contributed by atoms with E-state index in [1.807, 2.05) is 0 Å². The van der Waals surface area contributed by atoms with Gasteiger partial charge in [0, 0.05) is 35.1 Å². The summed E-state index contributed by atoms with van der Waals surface area (Å²) in [6.07, 6.45) is 7.02. The molecule has 5 nitrogen and oxygen atoms in total. The molecule has 2 fully saturated rings. The molecular weight excluding hydrogens is 412 g/mol. The number of Topliss-reactive ketones (excluding diaryl/α,β-unsaturated/α-hetero) is 1. The standard InChI is InChI=1S/C25H25F2N3O2/c26-22-17(8-10-21(31)23(22)27)14-3-9-20-18(11-14)24(30-16-6-4-15(28)5-7-16)19(12-29-20)25(32)13-1-2-13/h3,8-13,15-16,31H,1-2,4-7,28H2,(H,29,30)/t15-,16-. The summed E-state index contributed by atoms with van der Waals surface area (Å²) < 4.78 is 28.5. The van der Waals surface area contributed by atoms with Crippen LogP contribution in [0.5, 0.6) is 5.75 Å². The summed E-state index contributed by atoms with van der Waals surface area (Å²) in [7, 11) is 0. The van der Waals surface area contributed by atoms with E-state index in [-0.39, 0.29) is 29.3 Å². The summed E-state index contributed by atoms with van der Waals surface area (Å²) in [5, 5.41) is 13.7. The zero-order chi connectivity index (χ0) is 22.4. The number of carbonyl (C=O) groups excluding carboxylic acids is 1. The summed E-state index contributed by atoms with van der Waals surface area (Å²) >= 11 is 0. The van der Waals surface area contributed by atoms with Crippen LogP contribution in [0.1, 0.15) is 48.9 Å². The van der Waals surface area contributed by atoms with Gasteiger partial charge in [-0.1, -0.05) is 6.07 Å². The molecule has 5 rings (SSSR count). The topological polar surface area (TPSA) is 88.2 Å². The molecule has 0 radical (unpaired) electrons. The molecule has 0 amide bonds. The summed E-state index contributed by atoms with van der Waals surface area (Å²) in [5.41, 5.74) is 8.45. The molecule has 0 spiro atoms. The highest BCUT2D eigenvalue weighted by Gasteiger charge is 2.33. The van der Waals surface area contributed by atoms with Crippen LogP contribution in [-0.4, -0.2) is 28.0 Å². The predicted octanol–water partition coefficient (Wildman–Crippen LogP) is 5.16. The van der Waals surface area contributed by atoms with Crippen molar-refractivity contribution in [2.24, 2.45) is 11.7 Å². The van der Waals surface area contributed by atoms with Gasteiger partial charge in [-0.25, -0.2) is 4.39 Å². The molecule has 1 aromatic heterocycles. The van der Waals surface area contributed by atoms with Gasteiger partial charge in [-0.2, -0.15) is 4.39 Å². The molecule has 7 heteroatoms. The van der Waals surface area contributed by atoms with E-state index in [4.69, 9.17) is 5.73 Å². The van der Waals surface area contributed by atoms with Crippen LogP contribution in [0.2, 0.25) is 0 Å². The molecule has 0 bridgehead atoms. The largest absolute Gasteiger partial charge is 0.505 e. The number of ketones is 1. The molecule has 166 valence electrons. The predicted molar refractivity (Wildman–Crippen MR) is 120 cm³/mol. The Bertz CT molecular complexity index is 1200. The number of nitrogens with two attached hydrogens (primary N) is 1. The number of pyridine rings is 1. The molecule has 32 heavy (non-hydrogen) atoms. The third-order valence-corrected chi connectivity index (χ3v) is 6.57. The Morgan fingerprint density at radius 3 is 2.50 bits per heavy atom. The van der Waals surface area contributed by atoms with Crippen molar-refractivity contribution in [1.29, 1.82) is 0 Å². The Morgan fingerprint density at radius 1 is 1.03 bits per heavy atom. The molecule has 2 aliphatic rings. The number of hydrogen-bond donors (Lipinski definition) is 3. The lowest BCUT2D eigenvalue weighted by atomic mass is 9.91. The number of benzene rings is 2. The number of fused-ring (bicyclic) bond motifs is 1. The smallest absolute Gasteiger partial charge is 0.200 e. The molecule has 0 aliphatic heterocycles. The van der Waals surface area contributed by atoms with Gasteiger partial charge in [-0.3, -0.25) is 9.78 Å². The molecule has 2 aliphatic carbocycles. The van der Waals surface area contributed by atoms with Crippen LogP contribution in [0.4, 0.5) is 14.5 Å². The molecule has 4 N–H and O–H groups in total. The van der Waals surface area contributed by atoms with Crippen molar-refractivity contribution in [2.45, 2.75) is 50.6 Å². The van der Waals surface area contributed by atoms with Crippen molar-refractivity contribution >= 4 is 22.4 Å². The Morgan fingerprint density at radius 2 is 1.78 bits per heavy atom. The number of anilines is 1. The molecule has 0 unspecified atom stereocenters. The lowest BCUT2D eigenvalue weighted by Gasteiger charge is -2.29. The number of hydrogen-bond acceptors (Lipinski definition) is 5. The Kier molecular flexibility index (Phi) is 5.29. The summed E-state index contributed by atoms with van der Waals surface area (Å²) in [5.74, 6) is -3.03. The minimum absolute atomic E-state index is 0.0291. The second-order valence-corrected chi connectivity index (χ2v) is 8.93. The van der Waals surface area contributed by atoms with E-state index in [0.717, 1.165) is 44.6 Å². The molecule has 1 heterocycles. The second kappa shape index (κ2) is 8.13.